The van der Waals surface area contributed by atoms with Crippen molar-refractivity contribution in [2.45, 2.75) is 0 Å². The van der Waals surface area contributed by atoms with Crippen LogP contribution in [-0.2, 0) is 0 Å². The fourth-order valence-electron chi connectivity index (χ4n) is 12.8. The molecule has 0 atom stereocenters. The summed E-state index contributed by atoms with van der Waals surface area (Å²) in [5.41, 5.74) is 16.3. The Morgan fingerprint density at radius 3 is 1.35 bits per heavy atom. The maximum atomic E-state index is 12.4. The van der Waals surface area contributed by atoms with Crippen LogP contribution in [0.5, 0.6) is 0 Å². The first kappa shape index (κ1) is 45.8. The van der Waals surface area contributed by atoms with Crippen molar-refractivity contribution in [2.24, 2.45) is 0 Å². The van der Waals surface area contributed by atoms with Crippen LogP contribution in [0.1, 0.15) is 5.56 Å². The van der Waals surface area contributed by atoms with E-state index in [1.54, 1.807) is 0 Å². The highest BCUT2D eigenvalue weighted by molar-refractivity contribution is 7.27. The van der Waals surface area contributed by atoms with Crippen molar-refractivity contribution in [3.05, 3.63) is 272 Å². The van der Waals surface area contributed by atoms with Crippen LogP contribution < -0.4 is 0 Å². The van der Waals surface area contributed by atoms with Gasteiger partial charge in [0.1, 0.15) is 6.07 Å². The van der Waals surface area contributed by atoms with E-state index < -0.39 is 0 Å². The van der Waals surface area contributed by atoms with Gasteiger partial charge in [0.25, 0.3) is 0 Å². The molecule has 0 saturated carbocycles. The minimum absolute atomic E-state index is 0.407. The largest absolute Gasteiger partial charge is 0.318 e. The minimum atomic E-state index is 0.407. The molecule has 4 nitrogen and oxygen atoms in total. The lowest BCUT2D eigenvalue weighted by molar-refractivity contribution is 1.14. The van der Waals surface area contributed by atoms with Crippen molar-refractivity contribution >= 4 is 112 Å². The second-order valence-corrected chi connectivity index (χ2v) is 22.5. The van der Waals surface area contributed by atoms with E-state index >= 15 is 0 Å². The number of hydrogen-bond donors (Lipinski definition) is 0. The lowest BCUT2D eigenvalue weighted by atomic mass is 9.88. The van der Waals surface area contributed by atoms with E-state index in [0.29, 0.717) is 16.8 Å². The zero-order chi connectivity index (χ0) is 53.0. The Hall–Kier alpha value is -10.3. The molecule has 0 radical (unpaired) electrons. The number of fused-ring (bicyclic) bond motifs is 14. The van der Waals surface area contributed by atoms with Crippen LogP contribution in [0, 0.1) is 17.9 Å². The van der Waals surface area contributed by atoms with Crippen molar-refractivity contribution in [3.63, 3.8) is 0 Å². The number of nitriles is 1. The van der Waals surface area contributed by atoms with Crippen LogP contribution in [-0.4, -0.2) is 9.13 Å². The summed E-state index contributed by atoms with van der Waals surface area (Å²) >= 11 is 3.62. The molecule has 0 bridgehead atoms. The second kappa shape index (κ2) is 18.1. The zero-order valence-corrected chi connectivity index (χ0v) is 44.5. The first-order valence-electron chi connectivity index (χ1n) is 26.8. The Bertz CT molecular complexity index is 5120. The average Bonchev–Trinajstić information content (AvgIpc) is 4.43. The standard InChI is InChI=1S/C74H42N4S2/c1-76-68-64(48-27-13-5-14-28-48)59(44-75)69(65(49-29-15-6-16-30-49)72(68)77-60-34-18-17-31-53(60)58-43-50(37-42-61(58)77)45-21-7-2-8-22-45)78-70-54(38-40-56-66-51(46-23-9-3-10-24-46)32-19-35-62(66)79-73(56)70)55-39-41-57-67-52(47-25-11-4-12-26-47)33-20-36-63(67)80-74(57)71(55)78/h2-43H. The van der Waals surface area contributed by atoms with Crippen LogP contribution >= 0.6 is 22.7 Å². The number of benzene rings is 12. The van der Waals surface area contributed by atoms with Gasteiger partial charge < -0.3 is 9.13 Å². The maximum absolute atomic E-state index is 12.4. The van der Waals surface area contributed by atoms with E-state index in [-0.39, 0.29) is 0 Å². The molecule has 16 rings (SSSR count). The van der Waals surface area contributed by atoms with Gasteiger partial charge in [0.15, 0.2) is 0 Å². The third-order valence-electron chi connectivity index (χ3n) is 16.2. The summed E-state index contributed by atoms with van der Waals surface area (Å²) in [6, 6.07) is 93.3. The number of aromatic nitrogens is 2. The molecule has 0 aliphatic rings. The fourth-order valence-corrected chi connectivity index (χ4v) is 15.4. The molecule has 0 N–H and O–H groups in total. The van der Waals surface area contributed by atoms with E-state index in [0.717, 1.165) is 114 Å². The van der Waals surface area contributed by atoms with Gasteiger partial charge in [0.2, 0.25) is 5.69 Å². The topological polar surface area (TPSA) is 38.0 Å². The fraction of sp³-hybridized carbons (Fsp3) is 0. The van der Waals surface area contributed by atoms with Gasteiger partial charge in [-0.25, -0.2) is 4.85 Å². The third kappa shape index (κ3) is 6.71. The van der Waals surface area contributed by atoms with Crippen LogP contribution in [0.3, 0.4) is 0 Å². The van der Waals surface area contributed by atoms with Crippen molar-refractivity contribution in [1.82, 2.24) is 9.13 Å². The lowest BCUT2D eigenvalue weighted by Crippen LogP contribution is -2.09. The predicted octanol–water partition coefficient (Wildman–Crippen LogP) is 21.4. The van der Waals surface area contributed by atoms with E-state index in [2.05, 4.69) is 251 Å². The Balaban J connectivity index is 1.16. The van der Waals surface area contributed by atoms with Gasteiger partial charge in [-0.05, 0) is 74.8 Å². The summed E-state index contributed by atoms with van der Waals surface area (Å²) in [5.74, 6) is 0. The molecule has 4 heterocycles. The van der Waals surface area contributed by atoms with E-state index in [1.807, 2.05) is 46.9 Å². The average molecular weight is 1050 g/mol. The van der Waals surface area contributed by atoms with Crippen LogP contribution in [0.4, 0.5) is 5.69 Å². The van der Waals surface area contributed by atoms with Crippen molar-refractivity contribution in [1.29, 1.82) is 5.26 Å². The van der Waals surface area contributed by atoms with E-state index in [1.165, 1.54) is 31.3 Å². The highest BCUT2D eigenvalue weighted by Gasteiger charge is 2.33. The van der Waals surface area contributed by atoms with E-state index in [9.17, 15) is 11.8 Å². The van der Waals surface area contributed by atoms with Crippen LogP contribution in [0.25, 0.3) is 156 Å². The molecule has 0 spiro atoms. The number of thiophene rings is 2. The minimum Gasteiger partial charge on any atom is -0.318 e. The van der Waals surface area contributed by atoms with Gasteiger partial charge in [-0.15, -0.1) is 22.7 Å². The molecule has 4 aromatic heterocycles. The van der Waals surface area contributed by atoms with Gasteiger partial charge in [0, 0.05) is 63.6 Å². The molecule has 0 fully saturated rings. The summed E-state index contributed by atoms with van der Waals surface area (Å²) in [6.07, 6.45) is 0. The second-order valence-electron chi connectivity index (χ2n) is 20.4. The van der Waals surface area contributed by atoms with Crippen molar-refractivity contribution < 1.29 is 0 Å². The first-order valence-corrected chi connectivity index (χ1v) is 28.4. The predicted molar refractivity (Wildman–Crippen MR) is 339 cm³/mol. The number of para-hydroxylation sites is 1. The molecule has 0 saturated heterocycles. The Kier molecular flexibility index (Phi) is 10.4. The summed E-state index contributed by atoms with van der Waals surface area (Å²) < 4.78 is 9.41. The van der Waals surface area contributed by atoms with Gasteiger partial charge in [-0.1, -0.05) is 224 Å². The summed E-state index contributed by atoms with van der Waals surface area (Å²) in [6.45, 7) is 9.50. The Labute approximate surface area is 468 Å². The van der Waals surface area contributed by atoms with Crippen molar-refractivity contribution in [2.75, 3.05) is 0 Å². The molecule has 80 heavy (non-hydrogen) atoms. The quantitative estimate of drug-likeness (QED) is 0.147. The van der Waals surface area contributed by atoms with Crippen LogP contribution in [0.2, 0.25) is 0 Å². The molecule has 0 unspecified atom stereocenters. The smallest absolute Gasteiger partial charge is 0.220 e. The molecule has 6 heteroatoms. The SMILES string of the molecule is [C-]#[N+]c1c(-c2ccccc2)c(C#N)c(-n2c3c(ccc4c3sc3cccc(-c5ccccc5)c34)c3ccc4c(sc5cccc(-c6ccccc6)c54)c32)c(-c2ccccc2)c1-n1c2ccccc2c2cc(-c3ccccc3)ccc21. The van der Waals surface area contributed by atoms with Crippen molar-refractivity contribution in [3.8, 4) is 73.1 Å². The number of nitrogens with zero attached hydrogens (tertiary/aromatic N) is 4. The Morgan fingerprint density at radius 1 is 0.362 bits per heavy atom. The lowest BCUT2D eigenvalue weighted by Gasteiger charge is -2.26. The molecule has 0 aliphatic carbocycles. The molecule has 370 valence electrons. The highest BCUT2D eigenvalue weighted by atomic mass is 32.1. The normalized spacial score (nSPS) is 11.7. The highest BCUT2D eigenvalue weighted by Crippen LogP contribution is 2.55. The third-order valence-corrected chi connectivity index (χ3v) is 18.5. The molecular formula is C74H42N4S2. The first-order chi connectivity index (χ1) is 39.7. The summed E-state index contributed by atoms with van der Waals surface area (Å²) in [5, 5.41) is 21.4. The zero-order valence-electron chi connectivity index (χ0n) is 42.9. The number of rotatable bonds is 7. The number of hydrogen-bond acceptors (Lipinski definition) is 3. The summed E-state index contributed by atoms with van der Waals surface area (Å²) in [7, 11) is 0. The Morgan fingerprint density at radius 2 is 0.825 bits per heavy atom. The maximum Gasteiger partial charge on any atom is 0.220 e. The molecule has 0 aliphatic heterocycles. The molecule has 12 aromatic carbocycles. The van der Waals surface area contributed by atoms with Gasteiger partial charge in [-0.3, -0.25) is 0 Å². The molecular weight excluding hydrogens is 1010 g/mol. The monoisotopic (exact) mass is 1050 g/mol. The van der Waals surface area contributed by atoms with Crippen LogP contribution in [0.15, 0.2) is 255 Å². The molecule has 0 amide bonds. The summed E-state index contributed by atoms with van der Waals surface area (Å²) in [4.78, 5) is 4.63. The van der Waals surface area contributed by atoms with Gasteiger partial charge >= 0.3 is 0 Å². The van der Waals surface area contributed by atoms with Gasteiger partial charge in [0.05, 0.1) is 55.0 Å². The molecule has 16 aromatic rings. The van der Waals surface area contributed by atoms with Gasteiger partial charge in [-0.2, -0.15) is 5.26 Å². The van der Waals surface area contributed by atoms with E-state index in [4.69, 9.17) is 0 Å².